The Morgan fingerprint density at radius 3 is 2.58 bits per heavy atom. The lowest BCUT2D eigenvalue weighted by atomic mass is 9.93. The zero-order valence-corrected chi connectivity index (χ0v) is 21.6. The number of thioether (sulfide) groups is 1. The van der Waals surface area contributed by atoms with Crippen LogP contribution in [-0.2, 0) is 10.4 Å². The third-order valence-corrected chi connectivity index (χ3v) is 7.36. The van der Waals surface area contributed by atoms with E-state index in [1.165, 1.54) is 30.5 Å². The normalized spacial score (nSPS) is 15.9. The first kappa shape index (κ1) is 25.5. The van der Waals surface area contributed by atoms with Crippen molar-refractivity contribution in [1.82, 2.24) is 20.3 Å². The Morgan fingerprint density at radius 1 is 1.02 bits per heavy atom. The molecule has 1 atom stereocenters. The van der Waals surface area contributed by atoms with Crippen LogP contribution < -0.4 is 10.1 Å². The highest BCUT2D eigenvalue weighted by atomic mass is 32.2. The maximum absolute atomic E-state index is 15.3. The number of hydrogen-bond donors (Lipinski definition) is 4. The fourth-order valence-electron chi connectivity index (χ4n) is 4.47. The lowest BCUT2D eigenvalue weighted by molar-refractivity contribution is -0.115. The van der Waals surface area contributed by atoms with Crippen LogP contribution in [0.25, 0.3) is 28.4 Å². The number of nitrogens with one attached hydrogen (secondary N) is 3. The summed E-state index contributed by atoms with van der Waals surface area (Å²) in [5, 5.41) is 13.3. The van der Waals surface area contributed by atoms with Crippen LogP contribution in [0, 0.1) is 11.6 Å². The van der Waals surface area contributed by atoms with E-state index in [1.807, 2.05) is 6.07 Å². The first-order valence-electron chi connectivity index (χ1n) is 12.1. The molecule has 0 aliphatic carbocycles. The summed E-state index contributed by atoms with van der Waals surface area (Å²) in [5.74, 6) is -1.93. The lowest BCUT2D eigenvalue weighted by Gasteiger charge is -2.21. The molecule has 2 amide bonds. The third kappa shape index (κ3) is 4.55. The zero-order valence-electron chi connectivity index (χ0n) is 20.8. The molecule has 1 unspecified atom stereocenters. The van der Waals surface area contributed by atoms with Gasteiger partial charge in [-0.15, -0.1) is 0 Å². The van der Waals surface area contributed by atoms with Crippen LogP contribution in [0.2, 0.25) is 0 Å². The Labute approximate surface area is 230 Å². The van der Waals surface area contributed by atoms with Crippen molar-refractivity contribution in [3.8, 4) is 22.9 Å². The fourth-order valence-corrected chi connectivity index (χ4v) is 5.13. The highest BCUT2D eigenvalue weighted by Crippen LogP contribution is 2.39. The van der Waals surface area contributed by atoms with Crippen molar-refractivity contribution in [1.29, 1.82) is 0 Å². The van der Waals surface area contributed by atoms with Gasteiger partial charge in [-0.1, -0.05) is 30.3 Å². The number of carbonyl (C=O) groups excluding carboxylic acids is 2. The summed E-state index contributed by atoms with van der Waals surface area (Å²) >= 11 is 0.696. The van der Waals surface area contributed by atoms with Crippen LogP contribution in [0.15, 0.2) is 78.0 Å². The van der Waals surface area contributed by atoms with Crippen LogP contribution >= 0.6 is 11.8 Å². The highest BCUT2D eigenvalue weighted by Gasteiger charge is 2.29. The number of amides is 2. The average molecular weight is 559 g/mol. The minimum Gasteiger partial charge on any atom is -0.454 e. The number of imide groups is 1. The molecule has 3 aromatic carbocycles. The van der Waals surface area contributed by atoms with Gasteiger partial charge in [0, 0.05) is 34.9 Å². The van der Waals surface area contributed by atoms with Gasteiger partial charge in [-0.3, -0.25) is 14.9 Å². The quantitative estimate of drug-likeness (QED) is 0.184. The number of halogens is 2. The molecule has 1 aliphatic rings. The third-order valence-electron chi connectivity index (χ3n) is 6.54. The van der Waals surface area contributed by atoms with Crippen molar-refractivity contribution < 1.29 is 28.2 Å². The van der Waals surface area contributed by atoms with Gasteiger partial charge in [-0.05, 0) is 54.6 Å². The number of H-pyrrole nitrogens is 2. The van der Waals surface area contributed by atoms with E-state index in [4.69, 9.17) is 4.74 Å². The molecule has 2 aromatic heterocycles. The molecule has 1 saturated heterocycles. The number of carbonyl (C=O) groups is 2. The Morgan fingerprint density at radius 2 is 1.82 bits per heavy atom. The van der Waals surface area contributed by atoms with Crippen LogP contribution in [0.5, 0.6) is 11.5 Å². The van der Waals surface area contributed by atoms with E-state index in [-0.39, 0.29) is 39.0 Å². The summed E-state index contributed by atoms with van der Waals surface area (Å²) in [7, 11) is 0. The molecule has 40 heavy (non-hydrogen) atoms. The van der Waals surface area contributed by atoms with Gasteiger partial charge >= 0.3 is 0 Å². The van der Waals surface area contributed by atoms with Gasteiger partial charge in [-0.2, -0.15) is 0 Å². The topological polar surface area (TPSA) is 120 Å². The number of hydrogen-bond acceptors (Lipinski definition) is 6. The summed E-state index contributed by atoms with van der Waals surface area (Å²) in [6, 6.07) is 15.7. The molecule has 1 fully saturated rings. The summed E-state index contributed by atoms with van der Waals surface area (Å²) in [5.41, 5.74) is 0.169. The second kappa shape index (κ2) is 9.78. The van der Waals surface area contributed by atoms with Crippen molar-refractivity contribution in [2.45, 2.75) is 12.5 Å². The molecule has 8 nitrogen and oxygen atoms in total. The molecule has 5 aromatic rings. The van der Waals surface area contributed by atoms with Gasteiger partial charge in [0.1, 0.15) is 23.0 Å². The second-order valence-corrected chi connectivity index (χ2v) is 10.2. The average Bonchev–Trinajstić information content (AvgIpc) is 3.68. The number of ether oxygens (including phenoxy) is 1. The number of benzene rings is 3. The maximum atomic E-state index is 15.3. The molecule has 0 radical (unpaired) electrons. The van der Waals surface area contributed by atoms with E-state index in [1.54, 1.807) is 43.5 Å². The molecule has 0 spiro atoms. The number of rotatable bonds is 6. The number of fused-ring (bicyclic) bond motifs is 1. The number of aromatic nitrogens is 3. The van der Waals surface area contributed by atoms with Gasteiger partial charge in [0.15, 0.2) is 11.6 Å². The van der Waals surface area contributed by atoms with E-state index >= 15 is 4.39 Å². The predicted molar refractivity (Wildman–Crippen MR) is 147 cm³/mol. The number of nitrogens with zero attached hydrogens (tertiary/aromatic N) is 1. The van der Waals surface area contributed by atoms with Crippen molar-refractivity contribution >= 4 is 39.9 Å². The summed E-state index contributed by atoms with van der Waals surface area (Å²) in [4.78, 5) is 34.2. The number of imidazole rings is 1. The molecule has 0 bridgehead atoms. The maximum Gasteiger partial charge on any atom is 0.290 e. The van der Waals surface area contributed by atoms with Crippen molar-refractivity contribution in [3.05, 3.63) is 106 Å². The van der Waals surface area contributed by atoms with E-state index in [2.05, 4.69) is 20.3 Å². The summed E-state index contributed by atoms with van der Waals surface area (Å²) in [6.45, 7) is 1.59. The van der Waals surface area contributed by atoms with Crippen LogP contribution in [0.3, 0.4) is 0 Å². The Bertz CT molecular complexity index is 1830. The zero-order chi connectivity index (χ0) is 28.0. The van der Waals surface area contributed by atoms with Gasteiger partial charge < -0.3 is 19.8 Å². The van der Waals surface area contributed by atoms with Crippen molar-refractivity contribution in [3.63, 3.8) is 0 Å². The summed E-state index contributed by atoms with van der Waals surface area (Å²) in [6.07, 6.45) is 4.48. The van der Waals surface area contributed by atoms with E-state index < -0.39 is 28.4 Å². The standard InChI is InChI=1S/C29H20F2N4O4S/c1-29(38,15-5-3-2-4-6-15)24-14-33-26(34-24)19-11-16(7-8-20(19)30)39-25-18(12-23-27(36)35-28(37)40-23)17-9-10-32-22(17)13-21(25)31/h2-14,32,38H,1H3,(H,33,34)(H,35,36,37). The van der Waals surface area contributed by atoms with Crippen LogP contribution in [0.1, 0.15) is 23.7 Å². The van der Waals surface area contributed by atoms with E-state index in [9.17, 15) is 19.1 Å². The Kier molecular flexibility index (Phi) is 6.24. The first-order chi connectivity index (χ1) is 19.2. The Hall–Kier alpha value is -4.74. The molecule has 11 heteroatoms. The van der Waals surface area contributed by atoms with Gasteiger partial charge in [-0.25, -0.2) is 13.8 Å². The first-order valence-corrected chi connectivity index (χ1v) is 12.9. The number of aliphatic hydroxyl groups is 1. The molecule has 6 rings (SSSR count). The van der Waals surface area contributed by atoms with Crippen LogP contribution in [0.4, 0.5) is 13.6 Å². The largest absolute Gasteiger partial charge is 0.454 e. The van der Waals surface area contributed by atoms with E-state index in [0.29, 0.717) is 28.2 Å². The molecular formula is C29H20F2N4O4S. The second-order valence-electron chi connectivity index (χ2n) is 9.21. The van der Waals surface area contributed by atoms with Gasteiger partial charge in [0.25, 0.3) is 11.1 Å². The predicted octanol–water partition coefficient (Wildman–Crippen LogP) is 6.21. The smallest absolute Gasteiger partial charge is 0.290 e. The van der Waals surface area contributed by atoms with Gasteiger partial charge in [0.05, 0.1) is 16.2 Å². The van der Waals surface area contributed by atoms with Crippen molar-refractivity contribution in [2.24, 2.45) is 0 Å². The highest BCUT2D eigenvalue weighted by molar-refractivity contribution is 8.18. The lowest BCUT2D eigenvalue weighted by Crippen LogP contribution is -2.23. The minimum atomic E-state index is -1.44. The molecule has 3 heterocycles. The Balaban J connectivity index is 1.39. The monoisotopic (exact) mass is 558 g/mol. The SMILES string of the molecule is CC(O)(c1ccccc1)c1c[nH]c(-c2cc(Oc3c(F)cc4[nH]ccc4c3C=C3SC(=O)NC3=O)ccc2F)n1. The van der Waals surface area contributed by atoms with Crippen molar-refractivity contribution in [2.75, 3.05) is 0 Å². The van der Waals surface area contributed by atoms with E-state index in [0.717, 1.165) is 6.07 Å². The molecule has 0 saturated carbocycles. The summed E-state index contributed by atoms with van der Waals surface area (Å²) < 4.78 is 36.2. The van der Waals surface area contributed by atoms with Crippen LogP contribution in [-0.4, -0.2) is 31.2 Å². The molecule has 200 valence electrons. The minimum absolute atomic E-state index is 0.0342. The molecule has 4 N–H and O–H groups in total. The number of aromatic amines is 2. The fraction of sp³-hybridized carbons (Fsp3) is 0.0690. The molecular weight excluding hydrogens is 538 g/mol. The molecule has 1 aliphatic heterocycles. The van der Waals surface area contributed by atoms with Gasteiger partial charge in [0.2, 0.25) is 0 Å².